The molecule has 0 aliphatic heterocycles. The maximum absolute atomic E-state index is 6.95. The van der Waals surface area contributed by atoms with Crippen LogP contribution >= 0.6 is 11.6 Å². The third-order valence-electron chi connectivity index (χ3n) is 3.81. The molecule has 0 aromatic carbocycles. The minimum absolute atomic E-state index is 0.0112. The van der Waals surface area contributed by atoms with E-state index in [0.29, 0.717) is 16.9 Å². The molecule has 0 aliphatic rings. The normalized spacial score (nSPS) is 21.6. The molecule has 14 heavy (non-hydrogen) atoms. The Hall–Kier alpha value is 0.507. The Morgan fingerprint density at radius 1 is 1.07 bits per heavy atom. The Bertz CT molecular complexity index is 162. The molecule has 2 atom stereocenters. The van der Waals surface area contributed by atoms with E-state index in [4.69, 9.17) is 11.6 Å². The monoisotopic (exact) mass is 234 g/mol. The lowest BCUT2D eigenvalue weighted by atomic mass is 9.72. The summed E-state index contributed by atoms with van der Waals surface area (Å²) < 4.78 is 0. The molecule has 0 saturated carbocycles. The van der Waals surface area contributed by atoms with Crippen LogP contribution in [0.5, 0.6) is 0 Å². The van der Waals surface area contributed by atoms with Crippen molar-refractivity contribution < 1.29 is 0 Å². The van der Waals surface area contributed by atoms with Crippen molar-refractivity contribution in [2.24, 2.45) is 11.8 Å². The molecule has 0 nitrogen and oxygen atoms in total. The lowest BCUT2D eigenvalue weighted by Crippen LogP contribution is -2.46. The maximum atomic E-state index is 6.95. The topological polar surface area (TPSA) is 0 Å². The van der Waals surface area contributed by atoms with E-state index in [1.807, 2.05) is 0 Å². The molecule has 0 amide bonds. The number of alkyl halides is 1. The molecule has 0 saturated heterocycles. The predicted octanol–water partition coefficient (Wildman–Crippen LogP) is 3.62. The van der Waals surface area contributed by atoms with Gasteiger partial charge in [-0.1, -0.05) is 54.4 Å². The molecule has 0 radical (unpaired) electrons. The summed E-state index contributed by atoms with van der Waals surface area (Å²) in [7, 11) is 1.16. The van der Waals surface area contributed by atoms with Crippen molar-refractivity contribution in [3.63, 3.8) is 0 Å². The van der Waals surface area contributed by atoms with Crippen LogP contribution in [0.2, 0.25) is 5.04 Å². The summed E-state index contributed by atoms with van der Waals surface area (Å²) >= 11 is 6.95. The molecule has 0 aromatic rings. The highest BCUT2D eigenvalue weighted by atomic mass is 35.5. The lowest BCUT2D eigenvalue weighted by Gasteiger charge is -2.48. The fourth-order valence-electron chi connectivity index (χ4n) is 2.56. The highest BCUT2D eigenvalue weighted by Gasteiger charge is 2.46. The first kappa shape index (κ1) is 14.5. The van der Waals surface area contributed by atoms with Gasteiger partial charge in [0, 0.05) is 10.2 Å². The summed E-state index contributed by atoms with van der Waals surface area (Å²) in [5.74, 6) is 1.21. The van der Waals surface area contributed by atoms with Gasteiger partial charge in [-0.2, -0.15) is 0 Å². The van der Waals surface area contributed by atoms with Crippen LogP contribution in [0.15, 0.2) is 0 Å². The molecule has 0 fully saturated rings. The lowest BCUT2D eigenvalue weighted by molar-refractivity contribution is 0.223. The molecular weight excluding hydrogens is 208 g/mol. The zero-order valence-corrected chi connectivity index (χ0v) is 13.7. The fourth-order valence-corrected chi connectivity index (χ4v) is 3.85. The van der Waals surface area contributed by atoms with Gasteiger partial charge in [-0.3, -0.25) is 0 Å². The van der Waals surface area contributed by atoms with E-state index >= 15 is 0 Å². The van der Waals surface area contributed by atoms with Crippen molar-refractivity contribution in [3.05, 3.63) is 0 Å². The molecular formula is C12H27ClSi. The summed E-state index contributed by atoms with van der Waals surface area (Å²) in [6, 6.07) is 0. The van der Waals surface area contributed by atoms with Crippen molar-refractivity contribution in [1.29, 1.82) is 0 Å². The van der Waals surface area contributed by atoms with Crippen molar-refractivity contribution >= 4 is 21.8 Å². The Labute approximate surface area is 98.2 Å². The summed E-state index contributed by atoms with van der Waals surface area (Å²) in [5, 5.41) is 0.305. The summed E-state index contributed by atoms with van der Waals surface area (Å²) in [5.41, 5.74) is 0. The van der Waals surface area contributed by atoms with Gasteiger partial charge in [0.05, 0.1) is 4.87 Å². The van der Waals surface area contributed by atoms with E-state index in [9.17, 15) is 0 Å². The minimum Gasteiger partial charge on any atom is -0.118 e. The Balaban J connectivity index is 5.05. The molecule has 0 heterocycles. The van der Waals surface area contributed by atoms with Gasteiger partial charge in [0.2, 0.25) is 0 Å². The Morgan fingerprint density at radius 3 is 1.50 bits per heavy atom. The largest absolute Gasteiger partial charge is 0.118 e. The van der Waals surface area contributed by atoms with Gasteiger partial charge in [-0.15, -0.1) is 11.6 Å². The van der Waals surface area contributed by atoms with Crippen molar-refractivity contribution in [1.82, 2.24) is 0 Å². The molecule has 2 heteroatoms. The minimum atomic E-state index is -0.0112. The van der Waals surface area contributed by atoms with Crippen LogP contribution in [-0.4, -0.2) is 15.1 Å². The van der Waals surface area contributed by atoms with Crippen LogP contribution < -0.4 is 0 Å². The molecule has 0 rings (SSSR count). The molecule has 0 bridgehead atoms. The van der Waals surface area contributed by atoms with Gasteiger partial charge in [0.15, 0.2) is 0 Å². The average Bonchev–Trinajstić information content (AvgIpc) is 2.12. The first-order chi connectivity index (χ1) is 6.21. The average molecular weight is 235 g/mol. The second kappa shape index (κ2) is 5.02. The maximum Gasteiger partial charge on any atom is 0.0515 e. The standard InChI is InChI=1S/C12H27ClSi/c1-7-9(3)12(13,10(4)8-2)11(5,6)14/h9-10H,7-8H2,1-6,14H3. The number of hydrogen-bond acceptors (Lipinski definition) is 0. The third kappa shape index (κ3) is 2.55. The fraction of sp³-hybridized carbons (Fsp3) is 1.00. The Morgan fingerprint density at radius 2 is 1.36 bits per heavy atom. The molecule has 0 aliphatic carbocycles. The van der Waals surface area contributed by atoms with E-state index in [1.165, 1.54) is 12.8 Å². The van der Waals surface area contributed by atoms with E-state index in [1.54, 1.807) is 0 Å². The van der Waals surface area contributed by atoms with E-state index in [-0.39, 0.29) is 4.87 Å². The van der Waals surface area contributed by atoms with Crippen LogP contribution in [-0.2, 0) is 0 Å². The summed E-state index contributed by atoms with van der Waals surface area (Å²) in [6.07, 6.45) is 2.36. The summed E-state index contributed by atoms with van der Waals surface area (Å²) in [4.78, 5) is -0.0112. The van der Waals surface area contributed by atoms with E-state index in [0.717, 1.165) is 10.2 Å². The molecule has 86 valence electrons. The number of rotatable bonds is 5. The predicted molar refractivity (Wildman–Crippen MR) is 71.5 cm³/mol. The molecule has 0 aromatic heterocycles. The van der Waals surface area contributed by atoms with Gasteiger partial charge >= 0.3 is 0 Å². The second-order valence-electron chi connectivity index (χ2n) is 5.64. The van der Waals surface area contributed by atoms with Crippen LogP contribution in [0.25, 0.3) is 0 Å². The first-order valence-electron chi connectivity index (χ1n) is 5.90. The third-order valence-corrected chi connectivity index (χ3v) is 6.26. The van der Waals surface area contributed by atoms with Gasteiger partial charge in [-0.05, 0) is 16.9 Å². The van der Waals surface area contributed by atoms with Crippen LogP contribution in [0.4, 0.5) is 0 Å². The smallest absolute Gasteiger partial charge is 0.0515 e. The highest BCUT2D eigenvalue weighted by Crippen LogP contribution is 2.52. The van der Waals surface area contributed by atoms with Crippen LogP contribution in [0.3, 0.4) is 0 Å². The highest BCUT2D eigenvalue weighted by molar-refractivity contribution is 6.31. The second-order valence-corrected chi connectivity index (χ2v) is 8.76. The van der Waals surface area contributed by atoms with Crippen molar-refractivity contribution in [2.75, 3.05) is 0 Å². The van der Waals surface area contributed by atoms with E-state index in [2.05, 4.69) is 41.5 Å². The molecule has 2 unspecified atom stereocenters. The van der Waals surface area contributed by atoms with Crippen LogP contribution in [0, 0.1) is 11.8 Å². The van der Waals surface area contributed by atoms with Crippen LogP contribution in [0.1, 0.15) is 54.4 Å². The van der Waals surface area contributed by atoms with Gasteiger partial charge < -0.3 is 0 Å². The Kier molecular flexibility index (Phi) is 5.21. The van der Waals surface area contributed by atoms with E-state index < -0.39 is 0 Å². The van der Waals surface area contributed by atoms with Gasteiger partial charge in [0.25, 0.3) is 0 Å². The zero-order chi connectivity index (χ0) is 11.6. The first-order valence-corrected chi connectivity index (χ1v) is 7.28. The van der Waals surface area contributed by atoms with Crippen molar-refractivity contribution in [2.45, 2.75) is 64.3 Å². The molecule has 0 spiro atoms. The SMILES string of the molecule is CCC(C)C(Cl)(C(C)CC)C(C)(C)[SiH3]. The molecule has 0 N–H and O–H groups in total. The van der Waals surface area contributed by atoms with Gasteiger partial charge in [-0.25, -0.2) is 0 Å². The van der Waals surface area contributed by atoms with Gasteiger partial charge in [0.1, 0.15) is 0 Å². The number of halogens is 1. The number of hydrogen-bond donors (Lipinski definition) is 0. The van der Waals surface area contributed by atoms with Crippen molar-refractivity contribution in [3.8, 4) is 0 Å². The summed E-state index contributed by atoms with van der Waals surface area (Å²) in [6.45, 7) is 13.8. The zero-order valence-electron chi connectivity index (χ0n) is 10.9. The quantitative estimate of drug-likeness (QED) is 0.504.